The predicted octanol–water partition coefficient (Wildman–Crippen LogP) is -2.33. The number of aliphatic hydroxyl groups excluding tert-OH is 1. The van der Waals surface area contributed by atoms with Crippen LogP contribution in [0.25, 0.3) is 5.88 Å². The van der Waals surface area contributed by atoms with E-state index in [0.717, 1.165) is 12.8 Å². The minimum Gasteiger partial charge on any atom is -0.494 e. The topological polar surface area (TPSA) is 98.2 Å². The summed E-state index contributed by atoms with van der Waals surface area (Å²) in [5.74, 6) is 1.53. The van der Waals surface area contributed by atoms with Gasteiger partial charge in [0, 0.05) is 13.0 Å². The van der Waals surface area contributed by atoms with Crippen molar-refractivity contribution in [3.63, 3.8) is 0 Å². The van der Waals surface area contributed by atoms with Crippen LogP contribution in [0.1, 0.15) is 18.7 Å². The van der Waals surface area contributed by atoms with E-state index in [9.17, 15) is 14.7 Å². The van der Waals surface area contributed by atoms with Gasteiger partial charge < -0.3 is 15.4 Å². The van der Waals surface area contributed by atoms with Crippen LogP contribution in [-0.4, -0.2) is 20.6 Å². The Labute approximate surface area is 90.3 Å². The molecule has 6 nitrogen and oxygen atoms in total. The van der Waals surface area contributed by atoms with Crippen molar-refractivity contribution in [1.29, 1.82) is 0 Å². The van der Waals surface area contributed by atoms with Gasteiger partial charge in [-0.25, -0.2) is 4.79 Å². The minimum atomic E-state index is -0.684. The first kappa shape index (κ1) is 10.4. The van der Waals surface area contributed by atoms with Gasteiger partial charge >= 0.3 is 0 Å². The minimum absolute atomic E-state index is 0.00491. The van der Waals surface area contributed by atoms with E-state index in [-0.39, 0.29) is 10.6 Å². The van der Waals surface area contributed by atoms with E-state index in [0.29, 0.717) is 18.8 Å². The average molecular weight is 221 g/mol. The molecule has 0 spiro atoms. The summed E-state index contributed by atoms with van der Waals surface area (Å²) in [5.41, 5.74) is 4.49. The molecule has 84 valence electrons. The fourth-order valence-corrected chi connectivity index (χ4v) is 1.92. The molecule has 0 saturated heterocycles. The number of carbonyl (C=O) groups excluding carboxylic acids is 1. The van der Waals surface area contributed by atoms with Gasteiger partial charge in [-0.1, -0.05) is 0 Å². The van der Waals surface area contributed by atoms with Gasteiger partial charge in [-0.15, -0.1) is 0 Å². The third kappa shape index (κ3) is 1.49. The summed E-state index contributed by atoms with van der Waals surface area (Å²) in [7, 11) is 0. The highest BCUT2D eigenvalue weighted by molar-refractivity contribution is 5.46. The quantitative estimate of drug-likeness (QED) is 0.512. The number of hydrogen-bond donors (Lipinski definition) is 2. The van der Waals surface area contributed by atoms with Crippen LogP contribution < -0.4 is 21.9 Å². The van der Waals surface area contributed by atoms with E-state index >= 15 is 0 Å². The van der Waals surface area contributed by atoms with Crippen LogP contribution in [0, 0.1) is 0 Å². The molecule has 0 atom stereocenters. The third-order valence-corrected chi connectivity index (χ3v) is 2.65. The van der Waals surface area contributed by atoms with Crippen LogP contribution in [0.4, 0.5) is 0 Å². The van der Waals surface area contributed by atoms with Crippen LogP contribution in [0.2, 0.25) is 0 Å². The standard InChI is InChI=1S/C10H11N3O3/c11-9(15)8-6(5-14)13-4-2-1-3-7(13)12-10(8)16/h15H,1-4,11H2/b9-8+. The molecule has 0 aromatic carbocycles. The molecule has 1 aromatic heterocycles. The highest BCUT2D eigenvalue weighted by Gasteiger charge is 2.14. The third-order valence-electron chi connectivity index (χ3n) is 2.65. The molecule has 0 aliphatic carbocycles. The highest BCUT2D eigenvalue weighted by atomic mass is 16.3. The van der Waals surface area contributed by atoms with Crippen molar-refractivity contribution >= 4 is 11.8 Å². The second-order valence-corrected chi connectivity index (χ2v) is 3.65. The Morgan fingerprint density at radius 2 is 2.25 bits per heavy atom. The molecule has 2 rings (SSSR count). The molecule has 2 heterocycles. The van der Waals surface area contributed by atoms with Gasteiger partial charge in [-0.2, -0.15) is 4.98 Å². The van der Waals surface area contributed by atoms with Crippen molar-refractivity contribution in [2.24, 2.45) is 5.73 Å². The summed E-state index contributed by atoms with van der Waals surface area (Å²) >= 11 is 0. The van der Waals surface area contributed by atoms with Crippen molar-refractivity contribution in [2.75, 3.05) is 0 Å². The number of hydrogen-bond acceptors (Lipinski definition) is 5. The van der Waals surface area contributed by atoms with E-state index in [4.69, 9.17) is 5.73 Å². The molecule has 6 heteroatoms. The lowest BCUT2D eigenvalue weighted by Crippen LogP contribution is -2.52. The van der Waals surface area contributed by atoms with Gasteiger partial charge in [0.2, 0.25) is 0 Å². The van der Waals surface area contributed by atoms with Crippen molar-refractivity contribution in [1.82, 2.24) is 9.55 Å². The Balaban J connectivity index is 3.02. The Kier molecular flexibility index (Phi) is 2.50. The molecular weight excluding hydrogens is 210 g/mol. The Hall–Kier alpha value is -2.07. The van der Waals surface area contributed by atoms with Gasteiger partial charge in [-0.05, 0) is 12.8 Å². The smallest absolute Gasteiger partial charge is 0.286 e. The van der Waals surface area contributed by atoms with Crippen molar-refractivity contribution < 1.29 is 9.90 Å². The SMILES string of the molecule is N/C(O)=c1\c(=O)nc2n(c1=C=O)CCCC2. The fourth-order valence-electron chi connectivity index (χ4n) is 1.92. The molecule has 0 amide bonds. The van der Waals surface area contributed by atoms with E-state index in [1.165, 1.54) is 0 Å². The monoisotopic (exact) mass is 221 g/mol. The summed E-state index contributed by atoms with van der Waals surface area (Å²) in [6.07, 6.45) is 2.48. The zero-order chi connectivity index (χ0) is 11.7. The molecule has 0 bridgehead atoms. The Morgan fingerprint density at radius 3 is 2.88 bits per heavy atom. The second-order valence-electron chi connectivity index (χ2n) is 3.65. The van der Waals surface area contributed by atoms with Crippen LogP contribution >= 0.6 is 0 Å². The summed E-state index contributed by atoms with van der Waals surface area (Å²) in [5, 5.41) is 8.93. The Bertz CT molecular complexity index is 622. The van der Waals surface area contributed by atoms with Crippen molar-refractivity contribution in [2.45, 2.75) is 25.8 Å². The molecule has 16 heavy (non-hydrogen) atoms. The molecule has 0 unspecified atom stereocenters. The number of nitrogens with two attached hydrogens (primary N) is 1. The van der Waals surface area contributed by atoms with Gasteiger partial charge in [0.1, 0.15) is 16.4 Å². The van der Waals surface area contributed by atoms with Gasteiger partial charge in [0.15, 0.2) is 11.8 Å². The van der Waals surface area contributed by atoms with E-state index in [2.05, 4.69) is 4.98 Å². The maximum atomic E-state index is 11.5. The van der Waals surface area contributed by atoms with Crippen LogP contribution in [-0.2, 0) is 17.8 Å². The van der Waals surface area contributed by atoms with E-state index in [1.807, 2.05) is 0 Å². The number of aliphatic hydroxyl groups is 1. The summed E-state index contributed by atoms with van der Waals surface area (Å²) < 4.78 is 1.59. The summed E-state index contributed by atoms with van der Waals surface area (Å²) in [4.78, 5) is 26.2. The number of aromatic nitrogens is 2. The van der Waals surface area contributed by atoms with Crippen molar-refractivity contribution in [3.8, 4) is 0 Å². The second kappa shape index (κ2) is 3.83. The first-order valence-corrected chi connectivity index (χ1v) is 4.98. The maximum Gasteiger partial charge on any atom is 0.286 e. The van der Waals surface area contributed by atoms with E-state index in [1.54, 1.807) is 10.5 Å². The van der Waals surface area contributed by atoms with Gasteiger partial charge in [0.05, 0.1) is 0 Å². The van der Waals surface area contributed by atoms with Crippen LogP contribution in [0.15, 0.2) is 4.79 Å². The largest absolute Gasteiger partial charge is 0.494 e. The molecule has 0 radical (unpaired) electrons. The van der Waals surface area contributed by atoms with Crippen LogP contribution in [0.5, 0.6) is 0 Å². The predicted molar refractivity (Wildman–Crippen MR) is 55.7 cm³/mol. The lowest BCUT2D eigenvalue weighted by atomic mass is 10.1. The Morgan fingerprint density at radius 1 is 1.50 bits per heavy atom. The molecule has 3 N–H and O–H groups in total. The summed E-state index contributed by atoms with van der Waals surface area (Å²) in [6.45, 7) is 0.591. The maximum absolute atomic E-state index is 11.5. The molecule has 0 saturated carbocycles. The highest BCUT2D eigenvalue weighted by Crippen LogP contribution is 2.06. The first-order chi connectivity index (χ1) is 7.65. The number of aryl methyl sites for hydroxylation is 1. The molecule has 0 fully saturated rings. The van der Waals surface area contributed by atoms with Crippen molar-refractivity contribution in [3.05, 3.63) is 26.7 Å². The summed E-state index contributed by atoms with van der Waals surface area (Å²) in [6, 6.07) is 0. The first-order valence-electron chi connectivity index (χ1n) is 4.98. The lowest BCUT2D eigenvalue weighted by molar-refractivity contribution is 0.471. The van der Waals surface area contributed by atoms with Gasteiger partial charge in [0.25, 0.3) is 5.56 Å². The molecule has 1 aliphatic heterocycles. The number of rotatable bonds is 0. The van der Waals surface area contributed by atoms with E-state index < -0.39 is 11.4 Å². The zero-order valence-corrected chi connectivity index (χ0v) is 8.56. The lowest BCUT2D eigenvalue weighted by Gasteiger charge is -2.17. The molecule has 1 aliphatic rings. The van der Waals surface area contributed by atoms with Gasteiger partial charge in [-0.3, -0.25) is 4.79 Å². The molecular formula is C10H11N3O3. The average Bonchev–Trinajstić information content (AvgIpc) is 2.26. The number of fused-ring (bicyclic) bond motifs is 1. The number of nitrogens with zero attached hydrogens (tertiary/aromatic N) is 2. The fraction of sp³-hybridized carbons (Fsp3) is 0.400. The normalized spacial score (nSPS) is 16.2. The zero-order valence-electron chi connectivity index (χ0n) is 8.56. The molecule has 1 aromatic rings. The van der Waals surface area contributed by atoms with Crippen LogP contribution in [0.3, 0.4) is 0 Å².